The molecular weight excluding hydrogens is 234 g/mol. The molecule has 0 aliphatic rings. The fourth-order valence-electron chi connectivity index (χ4n) is 1.81. The first kappa shape index (κ1) is 14.1. The first-order chi connectivity index (χ1) is 8.19. The van der Waals surface area contributed by atoms with Gasteiger partial charge in [0.25, 0.3) is 0 Å². The summed E-state index contributed by atoms with van der Waals surface area (Å²) < 4.78 is 5.68. The fourth-order valence-corrected chi connectivity index (χ4v) is 1.88. The zero-order chi connectivity index (χ0) is 12.7. The van der Waals surface area contributed by atoms with Gasteiger partial charge in [-0.25, -0.2) is 0 Å². The van der Waals surface area contributed by atoms with Crippen molar-refractivity contribution < 1.29 is 4.74 Å². The lowest BCUT2D eigenvalue weighted by atomic mass is 10.1. The third-order valence-corrected chi connectivity index (χ3v) is 2.69. The van der Waals surface area contributed by atoms with Gasteiger partial charge in [0.05, 0.1) is 0 Å². The molecule has 17 heavy (non-hydrogen) atoms. The number of hydrogen-bond acceptors (Lipinski definition) is 2. The quantitative estimate of drug-likeness (QED) is 0.837. The number of aryl methyl sites for hydroxylation is 2. The van der Waals surface area contributed by atoms with Gasteiger partial charge in [-0.3, -0.25) is 0 Å². The second kappa shape index (κ2) is 7.36. The van der Waals surface area contributed by atoms with E-state index in [0.717, 1.165) is 18.8 Å². The lowest BCUT2D eigenvalue weighted by Gasteiger charge is -2.13. The minimum atomic E-state index is 0.512. The molecule has 94 valence electrons. The van der Waals surface area contributed by atoms with E-state index in [1.165, 1.54) is 22.2 Å². The molecule has 1 aromatic rings. The largest absolute Gasteiger partial charge is 0.489 e. The summed E-state index contributed by atoms with van der Waals surface area (Å²) in [6.07, 6.45) is 1.78. The van der Waals surface area contributed by atoms with Crippen LogP contribution in [-0.2, 0) is 6.54 Å². The average molecular weight is 254 g/mol. The molecule has 0 aliphatic heterocycles. The van der Waals surface area contributed by atoms with Crippen molar-refractivity contribution in [1.29, 1.82) is 0 Å². The Bertz CT molecular complexity index is 365. The first-order valence-electron chi connectivity index (χ1n) is 5.88. The number of hydrogen-bond donors (Lipinski definition) is 1. The van der Waals surface area contributed by atoms with Crippen LogP contribution in [-0.4, -0.2) is 13.2 Å². The maximum absolute atomic E-state index is 5.68. The van der Waals surface area contributed by atoms with Crippen LogP contribution in [0.1, 0.15) is 23.6 Å². The van der Waals surface area contributed by atoms with Gasteiger partial charge in [-0.2, -0.15) is 0 Å². The number of benzene rings is 1. The molecule has 1 aromatic carbocycles. The summed E-state index contributed by atoms with van der Waals surface area (Å²) in [4.78, 5) is 0. The van der Waals surface area contributed by atoms with Crippen LogP contribution in [0.4, 0.5) is 0 Å². The van der Waals surface area contributed by atoms with Crippen LogP contribution in [0.3, 0.4) is 0 Å². The highest BCUT2D eigenvalue weighted by Crippen LogP contribution is 2.24. The Labute approximate surface area is 109 Å². The van der Waals surface area contributed by atoms with Crippen molar-refractivity contribution in [1.82, 2.24) is 5.32 Å². The van der Waals surface area contributed by atoms with E-state index in [1.54, 1.807) is 6.08 Å². The van der Waals surface area contributed by atoms with E-state index in [2.05, 4.69) is 38.2 Å². The first-order valence-corrected chi connectivity index (χ1v) is 6.31. The maximum Gasteiger partial charge on any atom is 0.125 e. The maximum atomic E-state index is 5.68. The summed E-state index contributed by atoms with van der Waals surface area (Å²) >= 11 is 5.46. The van der Waals surface area contributed by atoms with Gasteiger partial charge >= 0.3 is 0 Å². The molecule has 1 rings (SSSR count). The smallest absolute Gasteiger partial charge is 0.125 e. The van der Waals surface area contributed by atoms with Gasteiger partial charge in [0.2, 0.25) is 0 Å². The highest BCUT2D eigenvalue weighted by Gasteiger charge is 2.05. The summed E-state index contributed by atoms with van der Waals surface area (Å²) in [7, 11) is 0. The SMILES string of the molecule is CCNCc1cc(C)c(OC/C=C/Cl)c(C)c1. The van der Waals surface area contributed by atoms with Gasteiger partial charge in [-0.05, 0) is 43.2 Å². The van der Waals surface area contributed by atoms with Crippen molar-refractivity contribution in [3.63, 3.8) is 0 Å². The van der Waals surface area contributed by atoms with Crippen LogP contribution < -0.4 is 10.1 Å². The molecule has 0 saturated carbocycles. The standard InChI is InChI=1S/C14H20ClNO/c1-4-16-10-13-8-11(2)14(12(3)9-13)17-7-5-6-15/h5-6,8-9,16H,4,7,10H2,1-3H3/b6-5+. The summed E-state index contributed by atoms with van der Waals surface area (Å²) in [5.74, 6) is 0.958. The van der Waals surface area contributed by atoms with Crippen molar-refractivity contribution in [2.45, 2.75) is 27.3 Å². The van der Waals surface area contributed by atoms with Crippen LogP contribution in [0.15, 0.2) is 23.7 Å². The van der Waals surface area contributed by atoms with E-state index >= 15 is 0 Å². The predicted molar refractivity (Wildman–Crippen MR) is 73.8 cm³/mol. The molecule has 0 amide bonds. The second-order valence-corrected chi connectivity index (χ2v) is 4.26. The molecular formula is C14H20ClNO. The van der Waals surface area contributed by atoms with Gasteiger partial charge in [0.15, 0.2) is 0 Å². The Morgan fingerprint density at radius 2 is 1.94 bits per heavy atom. The minimum Gasteiger partial charge on any atom is -0.489 e. The van der Waals surface area contributed by atoms with Crippen LogP contribution >= 0.6 is 11.6 Å². The molecule has 0 unspecified atom stereocenters. The van der Waals surface area contributed by atoms with E-state index in [0.29, 0.717) is 6.61 Å². The Hall–Kier alpha value is -0.990. The molecule has 0 spiro atoms. The Morgan fingerprint density at radius 1 is 1.29 bits per heavy atom. The molecule has 0 bridgehead atoms. The summed E-state index contributed by atoms with van der Waals surface area (Å²) in [6.45, 7) is 8.65. The van der Waals surface area contributed by atoms with Crippen LogP contribution in [0.25, 0.3) is 0 Å². The molecule has 0 saturated heterocycles. The van der Waals surface area contributed by atoms with Crippen molar-refractivity contribution in [2.24, 2.45) is 0 Å². The molecule has 3 heteroatoms. The fraction of sp³-hybridized carbons (Fsp3) is 0.429. The van der Waals surface area contributed by atoms with Crippen LogP contribution in [0, 0.1) is 13.8 Å². The van der Waals surface area contributed by atoms with E-state index in [4.69, 9.17) is 16.3 Å². The zero-order valence-corrected chi connectivity index (χ0v) is 11.5. The highest BCUT2D eigenvalue weighted by atomic mass is 35.5. The number of halogens is 1. The van der Waals surface area contributed by atoms with Gasteiger partial charge in [0.1, 0.15) is 12.4 Å². The number of nitrogens with one attached hydrogen (secondary N) is 1. The number of rotatable bonds is 6. The number of ether oxygens (including phenoxy) is 1. The average Bonchev–Trinajstić information content (AvgIpc) is 2.30. The van der Waals surface area contributed by atoms with E-state index in [-0.39, 0.29) is 0 Å². The minimum absolute atomic E-state index is 0.512. The topological polar surface area (TPSA) is 21.3 Å². The van der Waals surface area contributed by atoms with Gasteiger partial charge in [0, 0.05) is 12.1 Å². The zero-order valence-electron chi connectivity index (χ0n) is 10.7. The van der Waals surface area contributed by atoms with Gasteiger partial charge in [-0.1, -0.05) is 30.7 Å². The molecule has 2 nitrogen and oxygen atoms in total. The van der Waals surface area contributed by atoms with Crippen molar-refractivity contribution >= 4 is 11.6 Å². The lowest BCUT2D eigenvalue weighted by molar-refractivity contribution is 0.357. The molecule has 0 radical (unpaired) electrons. The highest BCUT2D eigenvalue weighted by molar-refractivity contribution is 6.25. The summed E-state index contributed by atoms with van der Waals surface area (Å²) in [5, 5.41) is 3.32. The van der Waals surface area contributed by atoms with E-state index in [1.807, 2.05) is 0 Å². The molecule has 0 aromatic heterocycles. The summed E-state index contributed by atoms with van der Waals surface area (Å²) in [5.41, 5.74) is 5.10. The van der Waals surface area contributed by atoms with Gasteiger partial charge in [-0.15, -0.1) is 0 Å². The summed E-state index contributed by atoms with van der Waals surface area (Å²) in [6, 6.07) is 4.32. The molecule has 0 fully saturated rings. The van der Waals surface area contributed by atoms with Gasteiger partial charge < -0.3 is 10.1 Å². The normalized spacial score (nSPS) is 11.1. The molecule has 0 aliphatic carbocycles. The molecule has 0 atom stereocenters. The molecule has 0 heterocycles. The van der Waals surface area contributed by atoms with E-state index < -0.39 is 0 Å². The predicted octanol–water partition coefficient (Wildman–Crippen LogP) is 3.54. The van der Waals surface area contributed by atoms with Crippen molar-refractivity contribution in [3.8, 4) is 5.75 Å². The van der Waals surface area contributed by atoms with E-state index in [9.17, 15) is 0 Å². The van der Waals surface area contributed by atoms with Crippen LogP contribution in [0.2, 0.25) is 0 Å². The Balaban J connectivity index is 2.78. The third-order valence-electron chi connectivity index (χ3n) is 2.51. The third kappa shape index (κ3) is 4.41. The van der Waals surface area contributed by atoms with Crippen LogP contribution in [0.5, 0.6) is 5.75 Å². The van der Waals surface area contributed by atoms with Crippen molar-refractivity contribution in [3.05, 3.63) is 40.4 Å². The molecule has 1 N–H and O–H groups in total. The monoisotopic (exact) mass is 253 g/mol. The lowest BCUT2D eigenvalue weighted by Crippen LogP contribution is -2.12. The second-order valence-electron chi connectivity index (χ2n) is 4.01. The Kier molecular flexibility index (Phi) is 6.09. The van der Waals surface area contributed by atoms with Crippen molar-refractivity contribution in [2.75, 3.05) is 13.2 Å². The Morgan fingerprint density at radius 3 is 2.47 bits per heavy atom.